The van der Waals surface area contributed by atoms with E-state index < -0.39 is 11.6 Å². The van der Waals surface area contributed by atoms with Crippen LogP contribution in [0.2, 0.25) is 0 Å². The normalized spacial score (nSPS) is 24.0. The molecule has 3 N–H and O–H groups in total. The minimum Gasteiger partial charge on any atom is -0.480 e. The molecular weight excluding hydrogens is 248 g/mol. The molecule has 1 amide bonds. The molecule has 0 aromatic heterocycles. The molecule has 1 aliphatic heterocycles. The summed E-state index contributed by atoms with van der Waals surface area (Å²) in [6, 6.07) is 0. The number of amides is 1. The number of carbonyl (C=O) groups excluding carboxylic acids is 1. The number of carboxylic acids is 1. The van der Waals surface area contributed by atoms with Gasteiger partial charge in [-0.1, -0.05) is 12.8 Å². The van der Waals surface area contributed by atoms with Crippen LogP contribution in [0.3, 0.4) is 0 Å². The Morgan fingerprint density at radius 1 is 1.32 bits per heavy atom. The van der Waals surface area contributed by atoms with E-state index in [1.54, 1.807) is 4.90 Å². The van der Waals surface area contributed by atoms with E-state index in [2.05, 4.69) is 0 Å². The first-order chi connectivity index (χ1) is 8.82. The van der Waals surface area contributed by atoms with Crippen LogP contribution >= 0.6 is 0 Å². The highest BCUT2D eigenvalue weighted by atomic mass is 16.5. The third-order valence-electron chi connectivity index (χ3n) is 4.05. The number of nitrogens with zero attached hydrogens (tertiary/aromatic N) is 1. The number of aliphatic carboxylic acids is 1. The first-order valence-electron chi connectivity index (χ1n) is 6.74. The van der Waals surface area contributed by atoms with Gasteiger partial charge in [-0.05, 0) is 19.8 Å². The number of hydrogen-bond acceptors (Lipinski definition) is 4. The van der Waals surface area contributed by atoms with E-state index in [0.717, 1.165) is 25.7 Å². The fraction of sp³-hybridized carbons (Fsp3) is 0.846. The third kappa shape index (κ3) is 3.45. The van der Waals surface area contributed by atoms with Crippen LogP contribution in [0.5, 0.6) is 0 Å². The van der Waals surface area contributed by atoms with Crippen LogP contribution in [0.4, 0.5) is 0 Å². The Morgan fingerprint density at radius 2 is 1.89 bits per heavy atom. The van der Waals surface area contributed by atoms with Gasteiger partial charge in [0.05, 0.1) is 13.1 Å². The number of likely N-dealkylation sites (tertiary alicyclic amines) is 1. The maximum Gasteiger partial charge on any atom is 0.329 e. The Hall–Kier alpha value is -1.14. The van der Waals surface area contributed by atoms with Crippen LogP contribution in [0.1, 0.15) is 39.0 Å². The molecule has 1 saturated heterocycles. The van der Waals surface area contributed by atoms with E-state index in [0.29, 0.717) is 19.5 Å². The fourth-order valence-electron chi connectivity index (χ4n) is 2.93. The van der Waals surface area contributed by atoms with Gasteiger partial charge in [-0.3, -0.25) is 4.79 Å². The lowest BCUT2D eigenvalue weighted by Gasteiger charge is -2.48. The Balaban J connectivity index is 1.76. The predicted molar refractivity (Wildman–Crippen MR) is 68.6 cm³/mol. The van der Waals surface area contributed by atoms with Crippen molar-refractivity contribution in [3.63, 3.8) is 0 Å². The second kappa shape index (κ2) is 5.09. The predicted octanol–water partition coefficient (Wildman–Crippen LogP) is 0.350. The van der Waals surface area contributed by atoms with Gasteiger partial charge >= 0.3 is 5.97 Å². The highest BCUT2D eigenvalue weighted by Gasteiger charge is 2.44. The topological polar surface area (TPSA) is 92.9 Å². The zero-order valence-electron chi connectivity index (χ0n) is 11.4. The summed E-state index contributed by atoms with van der Waals surface area (Å²) in [7, 11) is 0. The van der Waals surface area contributed by atoms with Crippen molar-refractivity contribution in [2.45, 2.75) is 50.2 Å². The van der Waals surface area contributed by atoms with E-state index in [9.17, 15) is 9.59 Å². The molecule has 1 aliphatic carbocycles. The molecule has 2 aliphatic rings. The summed E-state index contributed by atoms with van der Waals surface area (Å²) >= 11 is 0. The first kappa shape index (κ1) is 14.3. The van der Waals surface area contributed by atoms with Gasteiger partial charge in [-0.2, -0.15) is 0 Å². The Morgan fingerprint density at radius 3 is 2.42 bits per heavy atom. The van der Waals surface area contributed by atoms with Gasteiger partial charge in [-0.25, -0.2) is 4.79 Å². The summed E-state index contributed by atoms with van der Waals surface area (Å²) in [6.07, 6.45) is 4.42. The monoisotopic (exact) mass is 270 g/mol. The average molecular weight is 270 g/mol. The zero-order valence-corrected chi connectivity index (χ0v) is 11.4. The second-order valence-electron chi connectivity index (χ2n) is 6.13. The molecule has 19 heavy (non-hydrogen) atoms. The van der Waals surface area contributed by atoms with Crippen LogP contribution in [0.25, 0.3) is 0 Å². The highest BCUT2D eigenvalue weighted by molar-refractivity contribution is 5.78. The molecular formula is C13H22N2O4. The van der Waals surface area contributed by atoms with Crippen molar-refractivity contribution in [2.24, 2.45) is 5.73 Å². The van der Waals surface area contributed by atoms with E-state index in [4.69, 9.17) is 15.6 Å². The SMILES string of the molecule is CC1(OCC(=O)O)CN(C(=O)CC2(N)CCCC2)C1. The molecule has 1 heterocycles. The summed E-state index contributed by atoms with van der Waals surface area (Å²) in [5.74, 6) is -0.932. The van der Waals surface area contributed by atoms with E-state index in [1.165, 1.54) is 0 Å². The first-order valence-corrected chi connectivity index (χ1v) is 6.74. The lowest BCUT2D eigenvalue weighted by atomic mass is 9.90. The molecule has 0 atom stereocenters. The van der Waals surface area contributed by atoms with Crippen molar-refractivity contribution in [3.8, 4) is 0 Å². The highest BCUT2D eigenvalue weighted by Crippen LogP contribution is 2.32. The van der Waals surface area contributed by atoms with Gasteiger partial charge in [0.2, 0.25) is 5.91 Å². The summed E-state index contributed by atoms with van der Waals surface area (Å²) in [5, 5.41) is 8.57. The van der Waals surface area contributed by atoms with Crippen LogP contribution in [-0.2, 0) is 14.3 Å². The van der Waals surface area contributed by atoms with E-state index >= 15 is 0 Å². The molecule has 0 aromatic rings. The quantitative estimate of drug-likeness (QED) is 0.752. The number of nitrogens with two attached hydrogens (primary N) is 1. The maximum absolute atomic E-state index is 12.1. The number of carboxylic acid groups (broad SMARTS) is 1. The second-order valence-corrected chi connectivity index (χ2v) is 6.13. The van der Waals surface area contributed by atoms with E-state index in [-0.39, 0.29) is 18.1 Å². The largest absolute Gasteiger partial charge is 0.480 e. The number of ether oxygens (including phenoxy) is 1. The van der Waals surface area contributed by atoms with Crippen molar-refractivity contribution in [1.29, 1.82) is 0 Å². The van der Waals surface area contributed by atoms with Crippen LogP contribution in [0.15, 0.2) is 0 Å². The Kier molecular flexibility index (Phi) is 3.82. The van der Waals surface area contributed by atoms with Crippen molar-refractivity contribution in [1.82, 2.24) is 4.90 Å². The molecule has 6 heteroatoms. The molecule has 0 aromatic carbocycles. The minimum atomic E-state index is -0.988. The Labute approximate surface area is 112 Å². The Bertz CT molecular complexity index is 371. The summed E-state index contributed by atoms with van der Waals surface area (Å²) in [5.41, 5.74) is 5.34. The minimum absolute atomic E-state index is 0.0563. The molecule has 6 nitrogen and oxygen atoms in total. The van der Waals surface area contributed by atoms with Gasteiger partial charge < -0.3 is 20.5 Å². The van der Waals surface area contributed by atoms with Gasteiger partial charge in [0.1, 0.15) is 12.2 Å². The van der Waals surface area contributed by atoms with Crippen molar-refractivity contribution in [3.05, 3.63) is 0 Å². The molecule has 1 saturated carbocycles. The van der Waals surface area contributed by atoms with E-state index in [1.807, 2.05) is 6.92 Å². The van der Waals surface area contributed by atoms with Crippen LogP contribution in [0, 0.1) is 0 Å². The van der Waals surface area contributed by atoms with Crippen molar-refractivity contribution < 1.29 is 19.4 Å². The molecule has 0 unspecified atom stereocenters. The molecule has 0 bridgehead atoms. The third-order valence-corrected chi connectivity index (χ3v) is 4.05. The molecule has 0 spiro atoms. The van der Waals surface area contributed by atoms with Gasteiger partial charge in [0.15, 0.2) is 0 Å². The van der Waals surface area contributed by atoms with Crippen molar-refractivity contribution in [2.75, 3.05) is 19.7 Å². The van der Waals surface area contributed by atoms with Crippen LogP contribution < -0.4 is 5.73 Å². The lowest BCUT2D eigenvalue weighted by Crippen LogP contribution is -2.64. The summed E-state index contributed by atoms with van der Waals surface area (Å²) < 4.78 is 5.28. The van der Waals surface area contributed by atoms with Gasteiger partial charge in [0, 0.05) is 12.0 Å². The lowest BCUT2D eigenvalue weighted by molar-refractivity contribution is -0.173. The average Bonchev–Trinajstić information content (AvgIpc) is 2.69. The number of hydrogen-bond donors (Lipinski definition) is 2. The number of carbonyl (C=O) groups is 2. The molecule has 2 rings (SSSR count). The summed E-state index contributed by atoms with van der Waals surface area (Å²) in [4.78, 5) is 24.2. The molecule has 0 radical (unpaired) electrons. The van der Waals surface area contributed by atoms with Crippen LogP contribution in [-0.4, -0.2) is 52.7 Å². The van der Waals surface area contributed by atoms with Gasteiger partial charge in [-0.15, -0.1) is 0 Å². The fourth-order valence-corrected chi connectivity index (χ4v) is 2.93. The molecule has 108 valence electrons. The summed E-state index contributed by atoms with van der Waals surface area (Å²) in [6.45, 7) is 2.41. The maximum atomic E-state index is 12.1. The van der Waals surface area contributed by atoms with Gasteiger partial charge in [0.25, 0.3) is 0 Å². The van der Waals surface area contributed by atoms with Crippen molar-refractivity contribution >= 4 is 11.9 Å². The molecule has 2 fully saturated rings. The number of rotatable bonds is 5. The zero-order chi connectivity index (χ0) is 14.1. The smallest absolute Gasteiger partial charge is 0.329 e. The standard InChI is InChI=1S/C13H22N2O4/c1-12(19-7-11(17)18)8-15(9-12)10(16)6-13(14)4-2-3-5-13/h2-9,14H2,1H3,(H,17,18).